The fourth-order valence-corrected chi connectivity index (χ4v) is 3.19. The van der Waals surface area contributed by atoms with Crippen molar-refractivity contribution in [3.05, 3.63) is 70.3 Å². The van der Waals surface area contributed by atoms with Gasteiger partial charge in [-0.2, -0.15) is 8.78 Å². The molecule has 10 heteroatoms. The van der Waals surface area contributed by atoms with Crippen LogP contribution in [0.2, 0.25) is 0 Å². The minimum atomic E-state index is -4.75. The lowest BCUT2D eigenvalue weighted by atomic mass is 10.2. The first-order chi connectivity index (χ1) is 13.2. The largest absolute Gasteiger partial charge is 0.451 e. The molecule has 0 aliphatic rings. The van der Waals surface area contributed by atoms with E-state index in [4.69, 9.17) is 4.74 Å². The number of alkyl halides is 2. The van der Waals surface area contributed by atoms with Gasteiger partial charge in [0.2, 0.25) is 9.84 Å². The van der Waals surface area contributed by atoms with E-state index >= 15 is 0 Å². The van der Waals surface area contributed by atoms with Crippen molar-refractivity contribution in [1.82, 2.24) is 9.97 Å². The third-order valence-corrected chi connectivity index (χ3v) is 5.35. The molecule has 0 aliphatic heterocycles. The second-order valence-electron chi connectivity index (χ2n) is 5.85. The van der Waals surface area contributed by atoms with Gasteiger partial charge in [0.25, 0.3) is 5.56 Å². The number of para-hydroxylation sites is 1. The number of nitrogens with one attached hydrogen (secondary N) is 1. The van der Waals surface area contributed by atoms with Gasteiger partial charge in [0.05, 0.1) is 21.4 Å². The SMILES string of the molecule is C[C@@H](OC(=O)c1ccc(S(=O)(=O)C(F)F)cc1)c1nc2ccccc2c(=O)[nH]1. The summed E-state index contributed by atoms with van der Waals surface area (Å²) in [4.78, 5) is 30.5. The average Bonchev–Trinajstić information content (AvgIpc) is 2.67. The zero-order valence-corrected chi connectivity index (χ0v) is 15.2. The van der Waals surface area contributed by atoms with Gasteiger partial charge in [-0.1, -0.05) is 12.1 Å². The molecule has 0 radical (unpaired) electrons. The Morgan fingerprint density at radius 3 is 2.39 bits per heavy atom. The Hall–Kier alpha value is -3.14. The maximum atomic E-state index is 12.5. The van der Waals surface area contributed by atoms with Crippen molar-refractivity contribution < 1.29 is 26.7 Å². The van der Waals surface area contributed by atoms with Crippen molar-refractivity contribution in [2.45, 2.75) is 23.7 Å². The van der Waals surface area contributed by atoms with Gasteiger partial charge in [0.1, 0.15) is 0 Å². The van der Waals surface area contributed by atoms with E-state index in [2.05, 4.69) is 9.97 Å². The lowest BCUT2D eigenvalue weighted by molar-refractivity contribution is 0.0320. The number of ether oxygens (including phenoxy) is 1. The summed E-state index contributed by atoms with van der Waals surface area (Å²) in [7, 11) is -4.75. The van der Waals surface area contributed by atoms with E-state index in [1.165, 1.54) is 6.92 Å². The van der Waals surface area contributed by atoms with Crippen LogP contribution >= 0.6 is 0 Å². The predicted molar refractivity (Wildman–Crippen MR) is 95.8 cm³/mol. The maximum Gasteiger partial charge on any atom is 0.341 e. The Kier molecular flexibility index (Phi) is 5.23. The molecule has 0 unspecified atom stereocenters. The van der Waals surface area contributed by atoms with Gasteiger partial charge < -0.3 is 9.72 Å². The second kappa shape index (κ2) is 7.47. The average molecular weight is 408 g/mol. The number of sulfone groups is 1. The van der Waals surface area contributed by atoms with Gasteiger partial charge in [-0.25, -0.2) is 18.2 Å². The minimum Gasteiger partial charge on any atom is -0.451 e. The maximum absolute atomic E-state index is 12.5. The van der Waals surface area contributed by atoms with Crippen molar-refractivity contribution in [3.8, 4) is 0 Å². The number of carbonyl (C=O) groups is 1. The Morgan fingerprint density at radius 2 is 1.75 bits per heavy atom. The normalized spacial score (nSPS) is 12.9. The third-order valence-electron chi connectivity index (χ3n) is 3.95. The minimum absolute atomic E-state index is 0.0387. The zero-order chi connectivity index (χ0) is 20.5. The van der Waals surface area contributed by atoms with E-state index in [9.17, 15) is 26.8 Å². The van der Waals surface area contributed by atoms with Gasteiger partial charge in [-0.05, 0) is 43.3 Å². The highest BCUT2D eigenvalue weighted by molar-refractivity contribution is 7.91. The molecule has 3 aromatic rings. The number of aromatic amines is 1. The summed E-state index contributed by atoms with van der Waals surface area (Å²) in [6, 6.07) is 10.6. The highest BCUT2D eigenvalue weighted by Crippen LogP contribution is 2.20. The van der Waals surface area contributed by atoms with Crippen molar-refractivity contribution in [3.63, 3.8) is 0 Å². The first-order valence-electron chi connectivity index (χ1n) is 8.02. The number of halogens is 2. The summed E-state index contributed by atoms with van der Waals surface area (Å²) < 4.78 is 53.1. The predicted octanol–water partition coefficient (Wildman–Crippen LogP) is 2.84. The summed E-state index contributed by atoms with van der Waals surface area (Å²) in [5, 5.41) is 0.389. The van der Waals surface area contributed by atoms with Gasteiger partial charge in [-0.3, -0.25) is 4.79 Å². The van der Waals surface area contributed by atoms with E-state index in [0.717, 1.165) is 24.3 Å². The number of nitrogens with zero attached hydrogens (tertiary/aromatic N) is 1. The van der Waals surface area contributed by atoms with Crippen LogP contribution in [0, 0.1) is 0 Å². The molecule has 1 heterocycles. The summed E-state index contributed by atoms with van der Waals surface area (Å²) in [5.41, 5.74) is 0.0129. The Balaban J connectivity index is 1.80. The van der Waals surface area contributed by atoms with Crippen molar-refractivity contribution in [1.29, 1.82) is 0 Å². The highest BCUT2D eigenvalue weighted by Gasteiger charge is 2.26. The van der Waals surface area contributed by atoms with Crippen LogP contribution < -0.4 is 5.56 Å². The van der Waals surface area contributed by atoms with E-state index in [1.807, 2.05) is 0 Å². The molecule has 1 aromatic heterocycles. The third kappa shape index (κ3) is 3.77. The lowest BCUT2D eigenvalue weighted by Gasteiger charge is -2.13. The van der Waals surface area contributed by atoms with Gasteiger partial charge in [0.15, 0.2) is 11.9 Å². The molecule has 3 rings (SSSR count). The molecule has 1 atom stereocenters. The number of carbonyl (C=O) groups excluding carboxylic acids is 1. The number of H-pyrrole nitrogens is 1. The summed E-state index contributed by atoms with van der Waals surface area (Å²) in [5.74, 6) is -4.25. The Morgan fingerprint density at radius 1 is 1.11 bits per heavy atom. The molecule has 0 bridgehead atoms. The number of benzene rings is 2. The van der Waals surface area contributed by atoms with Crippen LogP contribution in [0.1, 0.15) is 29.2 Å². The van der Waals surface area contributed by atoms with Crippen molar-refractivity contribution in [2.75, 3.05) is 0 Å². The molecule has 2 aromatic carbocycles. The molecular weight excluding hydrogens is 394 g/mol. The molecule has 146 valence electrons. The number of aromatic nitrogens is 2. The smallest absolute Gasteiger partial charge is 0.341 e. The number of rotatable bonds is 5. The van der Waals surface area contributed by atoms with Gasteiger partial charge >= 0.3 is 11.7 Å². The topological polar surface area (TPSA) is 106 Å². The molecule has 28 heavy (non-hydrogen) atoms. The number of fused-ring (bicyclic) bond motifs is 1. The van der Waals surface area contributed by atoms with Crippen LogP contribution in [0.4, 0.5) is 8.78 Å². The Labute approximate surface area is 157 Å². The van der Waals surface area contributed by atoms with Gasteiger partial charge in [-0.15, -0.1) is 0 Å². The molecule has 7 nitrogen and oxygen atoms in total. The Bertz CT molecular complexity index is 1190. The van der Waals surface area contributed by atoms with E-state index in [-0.39, 0.29) is 16.9 Å². The first kappa shape index (κ1) is 19.6. The molecule has 0 saturated heterocycles. The summed E-state index contributed by atoms with van der Waals surface area (Å²) >= 11 is 0. The fraction of sp³-hybridized carbons (Fsp3) is 0.167. The molecule has 0 amide bonds. The lowest BCUT2D eigenvalue weighted by Crippen LogP contribution is -2.17. The molecule has 1 N–H and O–H groups in total. The monoisotopic (exact) mass is 408 g/mol. The van der Waals surface area contributed by atoms with Crippen LogP contribution in [-0.4, -0.2) is 30.1 Å². The number of esters is 1. The standard InChI is InChI=1S/C18H14F2N2O5S/c1-10(15-21-14-5-3-2-4-13(14)16(23)22-15)27-17(24)11-6-8-12(9-7-11)28(25,26)18(19)20/h2-10,18H,1H3,(H,21,22,23)/t10-/m1/s1. The molecular formula is C18H14F2N2O5S. The van der Waals surface area contributed by atoms with E-state index in [0.29, 0.717) is 10.9 Å². The second-order valence-corrected chi connectivity index (χ2v) is 7.76. The quantitative estimate of drug-likeness (QED) is 0.651. The molecule has 0 aliphatic carbocycles. The first-order valence-corrected chi connectivity index (χ1v) is 9.57. The van der Waals surface area contributed by atoms with Crippen LogP contribution in [0.3, 0.4) is 0 Å². The van der Waals surface area contributed by atoms with Gasteiger partial charge in [0, 0.05) is 0 Å². The highest BCUT2D eigenvalue weighted by atomic mass is 32.2. The van der Waals surface area contributed by atoms with E-state index < -0.39 is 32.6 Å². The van der Waals surface area contributed by atoms with E-state index in [1.54, 1.807) is 24.3 Å². The summed E-state index contributed by atoms with van der Waals surface area (Å²) in [6.45, 7) is 1.50. The van der Waals surface area contributed by atoms with Crippen LogP contribution in [0.15, 0.2) is 58.2 Å². The number of hydrogen-bond donors (Lipinski definition) is 1. The number of hydrogen-bond acceptors (Lipinski definition) is 6. The zero-order valence-electron chi connectivity index (χ0n) is 14.4. The van der Waals surface area contributed by atoms with Crippen LogP contribution in [0.5, 0.6) is 0 Å². The summed E-state index contributed by atoms with van der Waals surface area (Å²) in [6.07, 6.45) is -0.908. The molecule has 0 fully saturated rings. The fourth-order valence-electron chi connectivity index (χ4n) is 2.47. The van der Waals surface area contributed by atoms with Crippen LogP contribution in [0.25, 0.3) is 10.9 Å². The van der Waals surface area contributed by atoms with Crippen molar-refractivity contribution in [2.24, 2.45) is 0 Å². The van der Waals surface area contributed by atoms with Crippen molar-refractivity contribution >= 4 is 26.7 Å². The molecule has 0 saturated carbocycles. The van der Waals surface area contributed by atoms with Crippen LogP contribution in [-0.2, 0) is 14.6 Å². The molecule has 0 spiro atoms.